The van der Waals surface area contributed by atoms with Gasteiger partial charge in [0.2, 0.25) is 17.4 Å². The van der Waals surface area contributed by atoms with Crippen LogP contribution in [0.1, 0.15) is 29.5 Å². The predicted octanol–water partition coefficient (Wildman–Crippen LogP) is 0.726. The van der Waals surface area contributed by atoms with E-state index in [-0.39, 0.29) is 19.4 Å². The fourth-order valence-corrected chi connectivity index (χ4v) is 6.22. The normalized spacial score (nSPS) is 27.3. The van der Waals surface area contributed by atoms with Crippen molar-refractivity contribution in [2.45, 2.75) is 37.9 Å². The molecule has 0 aliphatic carbocycles. The first-order chi connectivity index (χ1) is 16.1. The van der Waals surface area contributed by atoms with E-state index in [9.17, 15) is 24.3 Å². The summed E-state index contributed by atoms with van der Waals surface area (Å²) in [5, 5.41) is 16.6. The molecule has 2 saturated heterocycles. The summed E-state index contributed by atoms with van der Waals surface area (Å²) in [4.78, 5) is 53.2. The molecular weight excluding hydrogens is 481 g/mol. The summed E-state index contributed by atoms with van der Waals surface area (Å²) >= 11 is 12.6. The molecule has 8 nitrogen and oxygen atoms in total. The number of benzene rings is 2. The number of likely N-dealkylation sites (tertiary alicyclic amines) is 1. The number of rotatable bonds is 5. The Morgan fingerprint density at radius 1 is 1.18 bits per heavy atom. The smallest absolute Gasteiger partial charge is 0.291 e. The number of nitrogens with two attached hydrogens (primary N) is 1. The number of carboxylic acid groups (broad SMARTS) is 1. The number of aryl methyl sites for hydroxylation is 1. The third-order valence-electron chi connectivity index (χ3n) is 7.20. The van der Waals surface area contributed by atoms with Gasteiger partial charge >= 0.3 is 0 Å². The molecule has 3 N–H and O–H groups in total. The van der Waals surface area contributed by atoms with Crippen molar-refractivity contribution in [2.75, 3.05) is 5.32 Å². The molecule has 34 heavy (non-hydrogen) atoms. The van der Waals surface area contributed by atoms with Crippen molar-refractivity contribution in [1.29, 1.82) is 0 Å². The average molecular weight is 502 g/mol. The van der Waals surface area contributed by atoms with Crippen molar-refractivity contribution in [2.24, 2.45) is 11.8 Å². The number of carbonyl (C=O) groups excluding carboxylic acids is 4. The minimum Gasteiger partial charge on any atom is -0.550 e. The van der Waals surface area contributed by atoms with E-state index in [1.54, 1.807) is 48.6 Å². The van der Waals surface area contributed by atoms with E-state index >= 15 is 0 Å². The van der Waals surface area contributed by atoms with E-state index < -0.39 is 47.1 Å². The van der Waals surface area contributed by atoms with E-state index in [1.165, 1.54) is 0 Å². The SMILES string of the molecule is Cc1cc(Cl)cc2c1NC(=O)[C@]21[NH2+][C@H](CCC(=O)[O-])[C@H]2C(=O)N(Cc3ccccc3Cl)C(=O)[C@H]21. The highest BCUT2D eigenvalue weighted by Gasteiger charge is 2.74. The van der Waals surface area contributed by atoms with Crippen LogP contribution in [0, 0.1) is 18.8 Å². The van der Waals surface area contributed by atoms with Crippen LogP contribution in [-0.4, -0.2) is 34.6 Å². The summed E-state index contributed by atoms with van der Waals surface area (Å²) in [6.45, 7) is 1.77. The van der Waals surface area contributed by atoms with E-state index in [1.807, 2.05) is 0 Å². The average Bonchev–Trinajstić information content (AvgIpc) is 3.35. The number of halogens is 2. The van der Waals surface area contributed by atoms with Gasteiger partial charge in [-0.15, -0.1) is 0 Å². The lowest BCUT2D eigenvalue weighted by Crippen LogP contribution is -2.99. The summed E-state index contributed by atoms with van der Waals surface area (Å²) in [6.07, 6.45) is -0.220. The molecule has 3 amide bonds. The third kappa shape index (κ3) is 3.24. The first-order valence-corrected chi connectivity index (χ1v) is 11.7. The zero-order valence-electron chi connectivity index (χ0n) is 18.1. The van der Waals surface area contributed by atoms with Crippen LogP contribution < -0.4 is 15.7 Å². The molecule has 1 spiro atoms. The highest BCUT2D eigenvalue weighted by Crippen LogP contribution is 2.51. The second-order valence-corrected chi connectivity index (χ2v) is 9.91. The molecule has 4 atom stereocenters. The summed E-state index contributed by atoms with van der Waals surface area (Å²) in [7, 11) is 0. The summed E-state index contributed by atoms with van der Waals surface area (Å²) in [5.74, 6) is -4.47. The Morgan fingerprint density at radius 2 is 1.91 bits per heavy atom. The maximum Gasteiger partial charge on any atom is 0.291 e. The second-order valence-electron chi connectivity index (χ2n) is 9.07. The molecule has 0 radical (unpaired) electrons. The van der Waals surface area contributed by atoms with Crippen LogP contribution >= 0.6 is 23.2 Å². The topological polar surface area (TPSA) is 123 Å². The van der Waals surface area contributed by atoms with Gasteiger partial charge in [-0.1, -0.05) is 41.4 Å². The van der Waals surface area contributed by atoms with Crippen LogP contribution in [-0.2, 0) is 31.3 Å². The Labute approximate surface area is 205 Å². The maximum atomic E-state index is 13.8. The molecule has 5 rings (SSSR count). The molecule has 10 heteroatoms. The molecule has 3 aliphatic heterocycles. The number of anilines is 1. The number of hydrogen-bond acceptors (Lipinski definition) is 5. The monoisotopic (exact) mass is 501 g/mol. The van der Waals surface area contributed by atoms with Crippen molar-refractivity contribution in [3.63, 3.8) is 0 Å². The number of fused-ring (bicyclic) bond motifs is 4. The third-order valence-corrected chi connectivity index (χ3v) is 7.79. The Bertz CT molecular complexity index is 1270. The lowest BCUT2D eigenvalue weighted by atomic mass is 9.76. The van der Waals surface area contributed by atoms with E-state index in [0.29, 0.717) is 26.9 Å². The number of amides is 3. The molecule has 176 valence electrons. The predicted molar refractivity (Wildman–Crippen MR) is 120 cm³/mol. The highest BCUT2D eigenvalue weighted by atomic mass is 35.5. The Hall–Kier alpha value is -2.94. The van der Waals surface area contributed by atoms with Gasteiger partial charge in [-0.3, -0.25) is 19.3 Å². The van der Waals surface area contributed by atoms with Gasteiger partial charge in [0.1, 0.15) is 17.9 Å². The largest absolute Gasteiger partial charge is 0.550 e. The minimum atomic E-state index is -1.42. The summed E-state index contributed by atoms with van der Waals surface area (Å²) < 4.78 is 0. The van der Waals surface area contributed by atoms with E-state index in [0.717, 1.165) is 10.5 Å². The zero-order valence-corrected chi connectivity index (χ0v) is 19.7. The Morgan fingerprint density at radius 3 is 2.62 bits per heavy atom. The molecule has 2 fully saturated rings. The zero-order chi connectivity index (χ0) is 24.4. The van der Waals surface area contributed by atoms with Gasteiger partial charge in [0.05, 0.1) is 12.2 Å². The van der Waals surface area contributed by atoms with Crippen LogP contribution in [0.25, 0.3) is 0 Å². The van der Waals surface area contributed by atoms with Crippen LogP contribution in [0.3, 0.4) is 0 Å². The number of hydrogen-bond donors (Lipinski definition) is 2. The molecule has 0 unspecified atom stereocenters. The summed E-state index contributed by atoms with van der Waals surface area (Å²) in [5.41, 5.74) is 1.02. The first-order valence-electron chi connectivity index (χ1n) is 10.9. The van der Waals surface area contributed by atoms with Crippen LogP contribution in [0.15, 0.2) is 36.4 Å². The highest BCUT2D eigenvalue weighted by molar-refractivity contribution is 6.31. The molecular formula is C24H21Cl2N3O5. The number of nitrogens with zero attached hydrogens (tertiary/aromatic N) is 1. The quantitative estimate of drug-likeness (QED) is 0.584. The van der Waals surface area contributed by atoms with Crippen molar-refractivity contribution in [1.82, 2.24) is 4.90 Å². The molecule has 2 aromatic rings. The van der Waals surface area contributed by atoms with Crippen molar-refractivity contribution in [3.05, 3.63) is 63.1 Å². The second kappa shape index (κ2) is 8.08. The lowest BCUT2D eigenvalue weighted by molar-refractivity contribution is -0.734. The van der Waals surface area contributed by atoms with Gasteiger partial charge in [0.25, 0.3) is 5.91 Å². The van der Waals surface area contributed by atoms with Gasteiger partial charge in [-0.25, -0.2) is 0 Å². The number of carbonyl (C=O) groups is 4. The molecule has 3 aliphatic rings. The number of aliphatic carboxylic acids is 1. The number of nitrogens with one attached hydrogen (secondary N) is 1. The standard InChI is InChI=1S/C24H21Cl2N3O5/c1-11-8-13(25)9-14-20(11)27-23(34)24(14)19-18(16(28-24)6-7-17(30)31)21(32)29(22(19)33)10-12-4-2-3-5-15(12)26/h2-5,8-9,16,18-19,28H,6-7,10H2,1H3,(H,27,34)(H,30,31)/t16-,18-,19+,24+/m1/s1. The molecule has 0 bridgehead atoms. The van der Waals surface area contributed by atoms with Crippen LogP contribution in [0.4, 0.5) is 5.69 Å². The number of imide groups is 1. The van der Waals surface area contributed by atoms with E-state index in [4.69, 9.17) is 23.2 Å². The molecule has 3 heterocycles. The van der Waals surface area contributed by atoms with Gasteiger partial charge in [-0.2, -0.15) is 0 Å². The van der Waals surface area contributed by atoms with Gasteiger partial charge < -0.3 is 20.5 Å². The van der Waals surface area contributed by atoms with Crippen molar-refractivity contribution in [3.8, 4) is 0 Å². The summed E-state index contributed by atoms with van der Waals surface area (Å²) in [6, 6.07) is 9.66. The van der Waals surface area contributed by atoms with Crippen molar-refractivity contribution >= 4 is 52.6 Å². The first kappa shape index (κ1) is 22.8. The fraction of sp³-hybridized carbons (Fsp3) is 0.333. The minimum absolute atomic E-state index is 0.0311. The fourth-order valence-electron chi connectivity index (χ4n) is 5.75. The maximum absolute atomic E-state index is 13.8. The lowest BCUT2D eigenvalue weighted by Gasteiger charge is -2.26. The van der Waals surface area contributed by atoms with Gasteiger partial charge in [-0.05, 0) is 42.7 Å². The van der Waals surface area contributed by atoms with Crippen LogP contribution in [0.2, 0.25) is 10.0 Å². The molecule has 0 saturated carbocycles. The molecule has 2 aromatic carbocycles. The van der Waals surface area contributed by atoms with Crippen LogP contribution in [0.5, 0.6) is 0 Å². The number of carboxylic acids is 1. The molecule has 0 aromatic heterocycles. The Balaban J connectivity index is 1.62. The van der Waals surface area contributed by atoms with Gasteiger partial charge in [0, 0.05) is 28.0 Å². The van der Waals surface area contributed by atoms with Crippen molar-refractivity contribution < 1.29 is 29.6 Å². The Kier molecular flexibility index (Phi) is 5.42. The van der Waals surface area contributed by atoms with E-state index in [2.05, 4.69) is 5.32 Å². The number of quaternary nitrogens is 1. The van der Waals surface area contributed by atoms with Gasteiger partial charge in [0.15, 0.2) is 0 Å².